The van der Waals surface area contributed by atoms with Gasteiger partial charge in [-0.2, -0.15) is 18.3 Å². The number of carbonyl (C=O) groups is 1. The molecule has 2 aromatic rings. The molecule has 0 unspecified atom stereocenters. The number of alkyl halides is 3. The molecule has 1 aromatic carbocycles. The lowest BCUT2D eigenvalue weighted by molar-refractivity contribution is -0.137. The Bertz CT molecular complexity index is 589. The van der Waals surface area contributed by atoms with Gasteiger partial charge in [0.2, 0.25) is 0 Å². The van der Waals surface area contributed by atoms with Crippen LogP contribution in [0.2, 0.25) is 0 Å². The van der Waals surface area contributed by atoms with Crippen molar-refractivity contribution in [1.29, 1.82) is 0 Å². The number of halogens is 4. The predicted octanol–water partition coefficient (Wildman–Crippen LogP) is 2.84. The number of aromatic nitrogens is 2. The van der Waals surface area contributed by atoms with Crippen molar-refractivity contribution in [2.45, 2.75) is 6.18 Å². The van der Waals surface area contributed by atoms with Crippen LogP contribution in [0.3, 0.4) is 0 Å². The van der Waals surface area contributed by atoms with Gasteiger partial charge in [-0.25, -0.2) is 9.07 Å². The molecule has 2 rings (SSSR count). The van der Waals surface area contributed by atoms with E-state index in [-0.39, 0.29) is 11.3 Å². The quantitative estimate of drug-likeness (QED) is 0.613. The summed E-state index contributed by atoms with van der Waals surface area (Å²) in [5.41, 5.74) is -1.39. The maximum Gasteiger partial charge on any atom is 0.419 e. The smallest absolute Gasteiger partial charge is 0.298 e. The van der Waals surface area contributed by atoms with Crippen molar-refractivity contribution in [3.8, 4) is 5.69 Å². The van der Waals surface area contributed by atoms with Gasteiger partial charge in [0.1, 0.15) is 11.5 Å². The van der Waals surface area contributed by atoms with Crippen LogP contribution in [0.15, 0.2) is 30.6 Å². The molecule has 0 N–H and O–H groups in total. The minimum atomic E-state index is -4.56. The van der Waals surface area contributed by atoms with Crippen molar-refractivity contribution in [3.63, 3.8) is 0 Å². The Morgan fingerprint density at radius 3 is 2.56 bits per heavy atom. The van der Waals surface area contributed by atoms with Crippen LogP contribution in [0.5, 0.6) is 0 Å². The standard InChI is InChI=1S/C11H6F4N2O/c12-9-3-1-2-7(6-18)10(9)17-5-8(4-16-17)11(13,14)15/h1-6H. The molecule has 0 saturated carbocycles. The number of benzene rings is 1. The monoisotopic (exact) mass is 258 g/mol. The molecule has 94 valence electrons. The Kier molecular flexibility index (Phi) is 2.90. The zero-order valence-corrected chi connectivity index (χ0v) is 8.78. The molecule has 0 amide bonds. The second-order valence-electron chi connectivity index (χ2n) is 3.47. The number of hydrogen-bond donors (Lipinski definition) is 0. The van der Waals surface area contributed by atoms with E-state index in [2.05, 4.69) is 5.10 Å². The Balaban J connectivity index is 2.56. The van der Waals surface area contributed by atoms with Gasteiger partial charge in [0, 0.05) is 11.8 Å². The van der Waals surface area contributed by atoms with Crippen molar-refractivity contribution in [3.05, 3.63) is 47.5 Å². The van der Waals surface area contributed by atoms with E-state index in [4.69, 9.17) is 0 Å². The lowest BCUT2D eigenvalue weighted by Gasteiger charge is -2.06. The van der Waals surface area contributed by atoms with Crippen LogP contribution in [0.1, 0.15) is 15.9 Å². The summed E-state index contributed by atoms with van der Waals surface area (Å²) in [5.74, 6) is -0.823. The van der Waals surface area contributed by atoms with E-state index >= 15 is 0 Å². The van der Waals surface area contributed by atoms with Gasteiger partial charge in [-0.05, 0) is 12.1 Å². The Hall–Kier alpha value is -2.18. The normalized spacial score (nSPS) is 11.6. The molecule has 0 saturated heterocycles. The van der Waals surface area contributed by atoms with Crippen LogP contribution >= 0.6 is 0 Å². The third kappa shape index (κ3) is 2.11. The zero-order valence-electron chi connectivity index (χ0n) is 8.78. The summed E-state index contributed by atoms with van der Waals surface area (Å²) in [5, 5.41) is 3.42. The number of nitrogens with zero attached hydrogens (tertiary/aromatic N) is 2. The van der Waals surface area contributed by atoms with Crippen LogP contribution in [-0.4, -0.2) is 16.1 Å². The highest BCUT2D eigenvalue weighted by atomic mass is 19.4. The van der Waals surface area contributed by atoms with Crippen molar-refractivity contribution in [1.82, 2.24) is 9.78 Å². The SMILES string of the molecule is O=Cc1cccc(F)c1-n1cc(C(F)(F)F)cn1. The van der Waals surface area contributed by atoms with Gasteiger partial charge in [-0.3, -0.25) is 4.79 Å². The molecule has 0 radical (unpaired) electrons. The van der Waals surface area contributed by atoms with Crippen LogP contribution in [0.25, 0.3) is 5.69 Å². The third-order valence-electron chi connectivity index (χ3n) is 2.28. The average Bonchev–Trinajstić information content (AvgIpc) is 2.77. The second kappa shape index (κ2) is 4.25. The Morgan fingerprint density at radius 1 is 1.28 bits per heavy atom. The van der Waals surface area contributed by atoms with Crippen LogP contribution in [0.4, 0.5) is 17.6 Å². The van der Waals surface area contributed by atoms with E-state index in [1.165, 1.54) is 12.1 Å². The molecule has 0 aliphatic carbocycles. The van der Waals surface area contributed by atoms with E-state index in [0.717, 1.165) is 6.07 Å². The number of rotatable bonds is 2. The molecule has 7 heteroatoms. The number of aldehydes is 1. The highest BCUT2D eigenvalue weighted by molar-refractivity contribution is 5.80. The molecule has 1 aromatic heterocycles. The summed E-state index contributed by atoms with van der Waals surface area (Å²) in [4.78, 5) is 10.7. The van der Waals surface area contributed by atoms with Gasteiger partial charge < -0.3 is 0 Å². The number of carbonyl (C=O) groups excluding carboxylic acids is 1. The van der Waals surface area contributed by atoms with Crippen molar-refractivity contribution < 1.29 is 22.4 Å². The lowest BCUT2D eigenvalue weighted by atomic mass is 10.2. The lowest BCUT2D eigenvalue weighted by Crippen LogP contribution is -2.05. The summed E-state index contributed by atoms with van der Waals surface area (Å²) < 4.78 is 51.4. The first-order valence-electron chi connectivity index (χ1n) is 4.79. The first kappa shape index (κ1) is 12.3. The molecule has 0 aliphatic rings. The molecular formula is C11H6F4N2O. The third-order valence-corrected chi connectivity index (χ3v) is 2.28. The molecule has 0 fully saturated rings. The van der Waals surface area contributed by atoms with Crippen molar-refractivity contribution in [2.24, 2.45) is 0 Å². The minimum absolute atomic E-state index is 0.0770. The summed E-state index contributed by atoms with van der Waals surface area (Å²) in [6.07, 6.45) is -3.01. The highest BCUT2D eigenvalue weighted by Crippen LogP contribution is 2.29. The Morgan fingerprint density at radius 2 is 2.00 bits per heavy atom. The molecule has 0 aliphatic heterocycles. The molecule has 3 nitrogen and oxygen atoms in total. The molecule has 1 heterocycles. The van der Waals surface area contributed by atoms with E-state index in [9.17, 15) is 22.4 Å². The van der Waals surface area contributed by atoms with E-state index in [1.807, 2.05) is 0 Å². The Labute approximate surface area is 98.6 Å². The zero-order chi connectivity index (χ0) is 13.3. The van der Waals surface area contributed by atoms with Gasteiger partial charge in [0.05, 0.1) is 11.8 Å². The fraction of sp³-hybridized carbons (Fsp3) is 0.0909. The highest BCUT2D eigenvalue weighted by Gasteiger charge is 2.32. The summed E-state index contributed by atoms with van der Waals surface area (Å²) in [7, 11) is 0. The largest absolute Gasteiger partial charge is 0.419 e. The summed E-state index contributed by atoms with van der Waals surface area (Å²) in [6.45, 7) is 0. The first-order valence-corrected chi connectivity index (χ1v) is 4.79. The predicted molar refractivity (Wildman–Crippen MR) is 53.9 cm³/mol. The fourth-order valence-electron chi connectivity index (χ4n) is 1.46. The van der Waals surface area contributed by atoms with Gasteiger partial charge in [0.15, 0.2) is 6.29 Å². The van der Waals surface area contributed by atoms with Crippen LogP contribution in [0, 0.1) is 5.82 Å². The topological polar surface area (TPSA) is 34.9 Å². The second-order valence-corrected chi connectivity index (χ2v) is 3.47. The molecule has 18 heavy (non-hydrogen) atoms. The van der Waals surface area contributed by atoms with E-state index in [1.54, 1.807) is 0 Å². The summed E-state index contributed by atoms with van der Waals surface area (Å²) in [6, 6.07) is 3.62. The summed E-state index contributed by atoms with van der Waals surface area (Å²) >= 11 is 0. The van der Waals surface area contributed by atoms with Crippen LogP contribution in [-0.2, 0) is 6.18 Å². The van der Waals surface area contributed by atoms with E-state index < -0.39 is 17.6 Å². The maximum absolute atomic E-state index is 13.5. The average molecular weight is 258 g/mol. The molecular weight excluding hydrogens is 252 g/mol. The molecule has 0 spiro atoms. The van der Waals surface area contributed by atoms with Crippen molar-refractivity contribution >= 4 is 6.29 Å². The van der Waals surface area contributed by atoms with Crippen molar-refractivity contribution in [2.75, 3.05) is 0 Å². The first-order chi connectivity index (χ1) is 8.43. The van der Waals surface area contributed by atoms with Gasteiger partial charge in [0.25, 0.3) is 0 Å². The van der Waals surface area contributed by atoms with Gasteiger partial charge >= 0.3 is 6.18 Å². The van der Waals surface area contributed by atoms with Gasteiger partial charge in [-0.15, -0.1) is 0 Å². The minimum Gasteiger partial charge on any atom is -0.298 e. The number of hydrogen-bond acceptors (Lipinski definition) is 2. The fourth-order valence-corrected chi connectivity index (χ4v) is 1.46. The van der Waals surface area contributed by atoms with Gasteiger partial charge in [-0.1, -0.05) is 6.07 Å². The molecule has 0 bridgehead atoms. The van der Waals surface area contributed by atoms with E-state index in [0.29, 0.717) is 23.4 Å². The van der Waals surface area contributed by atoms with Crippen LogP contribution < -0.4 is 0 Å². The number of para-hydroxylation sites is 1. The molecule has 0 atom stereocenters. The maximum atomic E-state index is 13.5.